The number of hydrogen-bond donors (Lipinski definition) is 2. The first-order valence-electron chi connectivity index (χ1n) is 7.92. The lowest BCUT2D eigenvalue weighted by molar-refractivity contribution is -0.125. The summed E-state index contributed by atoms with van der Waals surface area (Å²) in [7, 11) is 0. The fourth-order valence-electron chi connectivity index (χ4n) is 2.59. The first kappa shape index (κ1) is 16.1. The molecule has 0 aromatic heterocycles. The Morgan fingerprint density at radius 1 is 1.17 bits per heavy atom. The summed E-state index contributed by atoms with van der Waals surface area (Å²) in [6, 6.07) is 13.2. The Morgan fingerprint density at radius 3 is 2.62 bits per heavy atom. The summed E-state index contributed by atoms with van der Waals surface area (Å²) in [6.45, 7) is 4.12. The van der Waals surface area contributed by atoms with Crippen LogP contribution in [0.5, 0.6) is 5.75 Å². The van der Waals surface area contributed by atoms with E-state index in [0.29, 0.717) is 11.4 Å². The Hall–Kier alpha value is -2.82. The summed E-state index contributed by atoms with van der Waals surface area (Å²) >= 11 is 0. The maximum absolute atomic E-state index is 12.3. The van der Waals surface area contributed by atoms with Gasteiger partial charge >= 0.3 is 0 Å². The molecule has 1 aliphatic heterocycles. The molecular weight excluding hydrogens is 304 g/mol. The largest absolute Gasteiger partial charge is 0.491 e. The van der Waals surface area contributed by atoms with Crippen LogP contribution in [0.2, 0.25) is 0 Å². The van der Waals surface area contributed by atoms with Gasteiger partial charge < -0.3 is 15.4 Å². The standard InChI is InChI=1S/C19H20N2O3/c1-12-3-6-15(7-4-12)20-18(22)10-14-11-24-17-8-5-13(2)9-16(17)21-19(14)23/h3-9,14H,10-11H2,1-2H3,(H,20,22)(H,21,23). The van der Waals surface area contributed by atoms with E-state index in [9.17, 15) is 9.59 Å². The van der Waals surface area contributed by atoms with E-state index < -0.39 is 5.92 Å². The molecule has 2 aromatic carbocycles. The second-order valence-electron chi connectivity index (χ2n) is 6.12. The van der Waals surface area contributed by atoms with Crippen LogP contribution in [0.1, 0.15) is 17.5 Å². The van der Waals surface area contributed by atoms with E-state index in [1.54, 1.807) is 0 Å². The molecule has 0 radical (unpaired) electrons. The van der Waals surface area contributed by atoms with Crippen LogP contribution in [0.3, 0.4) is 0 Å². The highest BCUT2D eigenvalue weighted by Gasteiger charge is 2.27. The van der Waals surface area contributed by atoms with Crippen LogP contribution >= 0.6 is 0 Å². The van der Waals surface area contributed by atoms with Crippen molar-refractivity contribution in [1.82, 2.24) is 0 Å². The lowest BCUT2D eigenvalue weighted by Gasteiger charge is -2.12. The first-order valence-corrected chi connectivity index (χ1v) is 7.92. The normalized spacial score (nSPS) is 16.4. The van der Waals surface area contributed by atoms with E-state index in [1.165, 1.54) is 0 Å². The lowest BCUT2D eigenvalue weighted by atomic mass is 10.1. The van der Waals surface area contributed by atoms with Crippen molar-refractivity contribution in [3.63, 3.8) is 0 Å². The summed E-state index contributed by atoms with van der Waals surface area (Å²) in [6.07, 6.45) is 0.0761. The molecule has 1 aliphatic rings. The van der Waals surface area contributed by atoms with Crippen molar-refractivity contribution in [1.29, 1.82) is 0 Å². The molecule has 0 saturated carbocycles. The van der Waals surface area contributed by atoms with Gasteiger partial charge in [-0.25, -0.2) is 0 Å². The van der Waals surface area contributed by atoms with E-state index in [2.05, 4.69) is 10.6 Å². The molecule has 1 unspecified atom stereocenters. The van der Waals surface area contributed by atoms with Crippen molar-refractivity contribution < 1.29 is 14.3 Å². The number of anilines is 2. The Morgan fingerprint density at radius 2 is 1.88 bits per heavy atom. The zero-order valence-corrected chi connectivity index (χ0v) is 13.8. The number of carbonyl (C=O) groups is 2. The summed E-state index contributed by atoms with van der Waals surface area (Å²) in [5, 5.41) is 5.66. The zero-order valence-electron chi connectivity index (χ0n) is 13.8. The number of amides is 2. The highest BCUT2D eigenvalue weighted by atomic mass is 16.5. The third-order valence-corrected chi connectivity index (χ3v) is 3.97. The topological polar surface area (TPSA) is 67.4 Å². The van der Waals surface area contributed by atoms with Gasteiger partial charge in [0.25, 0.3) is 0 Å². The van der Waals surface area contributed by atoms with E-state index in [0.717, 1.165) is 16.8 Å². The molecule has 3 rings (SSSR count). The van der Waals surface area contributed by atoms with Gasteiger partial charge in [0, 0.05) is 12.1 Å². The SMILES string of the molecule is Cc1ccc(NC(=O)CC2COc3ccc(C)cc3NC2=O)cc1. The molecule has 1 heterocycles. The number of hydrogen-bond acceptors (Lipinski definition) is 3. The number of nitrogens with one attached hydrogen (secondary N) is 2. The quantitative estimate of drug-likeness (QED) is 0.910. The monoisotopic (exact) mass is 324 g/mol. The van der Waals surface area contributed by atoms with Crippen LogP contribution in [0, 0.1) is 19.8 Å². The van der Waals surface area contributed by atoms with Crippen molar-refractivity contribution in [3.05, 3.63) is 53.6 Å². The van der Waals surface area contributed by atoms with Gasteiger partial charge in [0.1, 0.15) is 12.4 Å². The van der Waals surface area contributed by atoms with Crippen molar-refractivity contribution >= 4 is 23.2 Å². The third-order valence-electron chi connectivity index (χ3n) is 3.97. The smallest absolute Gasteiger partial charge is 0.231 e. The Kier molecular flexibility index (Phi) is 4.51. The average molecular weight is 324 g/mol. The van der Waals surface area contributed by atoms with Crippen LogP contribution in [0.4, 0.5) is 11.4 Å². The summed E-state index contributed by atoms with van der Waals surface area (Å²) in [4.78, 5) is 24.6. The van der Waals surface area contributed by atoms with Crippen LogP contribution < -0.4 is 15.4 Å². The Labute approximate surface area is 141 Å². The number of benzene rings is 2. The maximum Gasteiger partial charge on any atom is 0.231 e. The molecule has 24 heavy (non-hydrogen) atoms. The van der Waals surface area contributed by atoms with Crippen molar-refractivity contribution in [3.8, 4) is 5.75 Å². The Bertz CT molecular complexity index is 769. The minimum absolute atomic E-state index is 0.0761. The molecule has 124 valence electrons. The molecule has 1 atom stereocenters. The van der Waals surface area contributed by atoms with Crippen LogP contribution in [-0.4, -0.2) is 18.4 Å². The zero-order chi connectivity index (χ0) is 17.1. The van der Waals surface area contributed by atoms with Crippen molar-refractivity contribution in [2.24, 2.45) is 5.92 Å². The first-order chi connectivity index (χ1) is 11.5. The van der Waals surface area contributed by atoms with E-state index >= 15 is 0 Å². The second-order valence-corrected chi connectivity index (χ2v) is 6.12. The van der Waals surface area contributed by atoms with Crippen LogP contribution in [-0.2, 0) is 9.59 Å². The molecule has 0 saturated heterocycles. The summed E-state index contributed by atoms with van der Waals surface area (Å²) in [5.41, 5.74) is 3.53. The molecule has 2 amide bonds. The predicted molar refractivity (Wildman–Crippen MR) is 93.2 cm³/mol. The number of aryl methyl sites for hydroxylation is 2. The molecule has 0 fully saturated rings. The van der Waals surface area contributed by atoms with Crippen LogP contribution in [0.25, 0.3) is 0 Å². The second kappa shape index (κ2) is 6.74. The Balaban J connectivity index is 1.64. The number of rotatable bonds is 3. The van der Waals surface area contributed by atoms with Gasteiger partial charge in [-0.3, -0.25) is 9.59 Å². The number of fused-ring (bicyclic) bond motifs is 1. The van der Waals surface area contributed by atoms with Gasteiger partial charge in [0.2, 0.25) is 11.8 Å². The van der Waals surface area contributed by atoms with Gasteiger partial charge in [-0.2, -0.15) is 0 Å². The minimum Gasteiger partial charge on any atom is -0.491 e. The minimum atomic E-state index is -0.525. The molecule has 2 N–H and O–H groups in total. The van der Waals surface area contributed by atoms with E-state index in [-0.39, 0.29) is 24.8 Å². The van der Waals surface area contributed by atoms with Crippen molar-refractivity contribution in [2.75, 3.05) is 17.2 Å². The average Bonchev–Trinajstić information content (AvgIpc) is 2.68. The molecular formula is C19H20N2O3. The van der Waals surface area contributed by atoms with E-state index in [4.69, 9.17) is 4.74 Å². The van der Waals surface area contributed by atoms with Gasteiger partial charge in [-0.05, 0) is 43.7 Å². The molecule has 2 aromatic rings. The molecule has 0 bridgehead atoms. The summed E-state index contributed by atoms with van der Waals surface area (Å²) in [5.74, 6) is -0.290. The molecule has 0 aliphatic carbocycles. The molecule has 5 heteroatoms. The third kappa shape index (κ3) is 3.74. The highest BCUT2D eigenvalue weighted by molar-refractivity contribution is 5.99. The predicted octanol–water partition coefficient (Wildman–Crippen LogP) is 3.28. The molecule has 5 nitrogen and oxygen atoms in total. The van der Waals surface area contributed by atoms with Gasteiger partial charge in [-0.15, -0.1) is 0 Å². The van der Waals surface area contributed by atoms with Crippen molar-refractivity contribution in [2.45, 2.75) is 20.3 Å². The van der Waals surface area contributed by atoms with Gasteiger partial charge in [-0.1, -0.05) is 23.8 Å². The number of ether oxygens (including phenoxy) is 1. The summed E-state index contributed by atoms with van der Waals surface area (Å²) < 4.78 is 5.69. The lowest BCUT2D eigenvalue weighted by Crippen LogP contribution is -2.29. The maximum atomic E-state index is 12.3. The fraction of sp³-hybridized carbons (Fsp3) is 0.263. The van der Waals surface area contributed by atoms with E-state index in [1.807, 2.05) is 56.3 Å². The number of carbonyl (C=O) groups excluding carboxylic acids is 2. The van der Waals surface area contributed by atoms with Gasteiger partial charge in [0.05, 0.1) is 11.6 Å². The highest BCUT2D eigenvalue weighted by Crippen LogP contribution is 2.29. The van der Waals surface area contributed by atoms with Crippen LogP contribution in [0.15, 0.2) is 42.5 Å². The fourth-order valence-corrected chi connectivity index (χ4v) is 2.59. The van der Waals surface area contributed by atoms with Gasteiger partial charge in [0.15, 0.2) is 0 Å². The molecule has 0 spiro atoms.